The summed E-state index contributed by atoms with van der Waals surface area (Å²) in [6, 6.07) is 8.24. The van der Waals surface area contributed by atoms with E-state index in [0.29, 0.717) is 25.4 Å². The molecule has 9 heteroatoms. The quantitative estimate of drug-likeness (QED) is 0.399. The molecule has 1 N–H and O–H groups in total. The molecule has 37 heavy (non-hydrogen) atoms. The Labute approximate surface area is 227 Å². The molecule has 0 saturated heterocycles. The molecular weight excluding hydrogens is 504 g/mol. The van der Waals surface area contributed by atoms with Gasteiger partial charge in [-0.25, -0.2) is 4.68 Å². The number of methoxy groups -OCH3 is 1. The van der Waals surface area contributed by atoms with Crippen LogP contribution in [0.2, 0.25) is 0 Å². The zero-order valence-corrected chi connectivity index (χ0v) is 24.1. The van der Waals surface area contributed by atoms with Gasteiger partial charge in [0.2, 0.25) is 11.8 Å². The molecule has 0 spiro atoms. The molecule has 2 amide bonds. The zero-order chi connectivity index (χ0) is 26.7. The van der Waals surface area contributed by atoms with Crippen LogP contribution in [0.4, 0.5) is 5.82 Å². The van der Waals surface area contributed by atoms with E-state index in [2.05, 4.69) is 62.8 Å². The Morgan fingerprint density at radius 2 is 2.03 bits per heavy atom. The Bertz CT molecular complexity index is 1260. The molecule has 1 aliphatic heterocycles. The number of thioether (sulfide) groups is 1. The zero-order valence-electron chi connectivity index (χ0n) is 22.5. The van der Waals surface area contributed by atoms with Crippen LogP contribution in [-0.4, -0.2) is 54.2 Å². The Balaban J connectivity index is 1.92. The van der Waals surface area contributed by atoms with Crippen LogP contribution in [0.25, 0.3) is 5.69 Å². The highest BCUT2D eigenvalue weighted by Crippen LogP contribution is 2.49. The van der Waals surface area contributed by atoms with Crippen LogP contribution in [0, 0.1) is 13.8 Å². The van der Waals surface area contributed by atoms with E-state index in [1.165, 1.54) is 0 Å². The molecule has 2 aromatic heterocycles. The van der Waals surface area contributed by atoms with Gasteiger partial charge in [0.1, 0.15) is 12.4 Å². The van der Waals surface area contributed by atoms with Gasteiger partial charge >= 0.3 is 0 Å². The molecule has 0 radical (unpaired) electrons. The smallest absolute Gasteiger partial charge is 0.240 e. The van der Waals surface area contributed by atoms with Gasteiger partial charge in [-0.05, 0) is 59.9 Å². The predicted octanol–water partition coefficient (Wildman–Crippen LogP) is 5.17. The summed E-state index contributed by atoms with van der Waals surface area (Å²) in [5.74, 6) is 0.683. The standard InChI is InChI=1S/C28H36N4O3S2/c1-18-9-7-10-21(19(18)2)32-27-24(26(30-32)28(3,4)5)25(20-11-14-36-16-20)37-17-23(34)31(27)15-22(33)29-12-8-13-35-6/h7,9-11,14,16,25H,8,12-13,15,17H2,1-6H3,(H,29,33)/t25-/m1/s1. The molecule has 0 aliphatic carbocycles. The van der Waals surface area contributed by atoms with Gasteiger partial charge in [-0.3, -0.25) is 14.5 Å². The van der Waals surface area contributed by atoms with Crippen LogP contribution >= 0.6 is 23.1 Å². The summed E-state index contributed by atoms with van der Waals surface area (Å²) in [4.78, 5) is 28.4. The second kappa shape index (κ2) is 11.4. The molecule has 0 unspecified atom stereocenters. The van der Waals surface area contributed by atoms with Crippen LogP contribution in [-0.2, 0) is 19.7 Å². The third-order valence-electron chi connectivity index (χ3n) is 6.60. The molecule has 1 atom stereocenters. The number of hydrogen-bond donors (Lipinski definition) is 1. The van der Waals surface area contributed by atoms with Gasteiger partial charge in [-0.1, -0.05) is 32.9 Å². The molecule has 4 rings (SSSR count). The number of anilines is 1. The number of aromatic nitrogens is 2. The predicted molar refractivity (Wildman–Crippen MR) is 152 cm³/mol. The fourth-order valence-electron chi connectivity index (χ4n) is 4.54. The number of benzene rings is 1. The fourth-order valence-corrected chi connectivity index (χ4v) is 6.50. The summed E-state index contributed by atoms with van der Waals surface area (Å²) in [5, 5.41) is 12.3. The normalized spacial score (nSPS) is 16.0. The van der Waals surface area contributed by atoms with E-state index < -0.39 is 0 Å². The second-order valence-corrected chi connectivity index (χ2v) is 12.3. The number of rotatable bonds is 8. The maximum absolute atomic E-state index is 13.7. The van der Waals surface area contributed by atoms with Gasteiger partial charge in [-0.2, -0.15) is 16.4 Å². The lowest BCUT2D eigenvalue weighted by atomic mass is 9.87. The van der Waals surface area contributed by atoms with Gasteiger partial charge < -0.3 is 10.1 Å². The molecule has 0 bridgehead atoms. The van der Waals surface area contributed by atoms with E-state index in [1.807, 2.05) is 16.8 Å². The second-order valence-electron chi connectivity index (χ2n) is 10.4. The van der Waals surface area contributed by atoms with Crippen molar-refractivity contribution in [1.82, 2.24) is 15.1 Å². The molecule has 1 aliphatic rings. The van der Waals surface area contributed by atoms with Crippen molar-refractivity contribution < 1.29 is 14.3 Å². The van der Waals surface area contributed by atoms with E-state index in [4.69, 9.17) is 9.84 Å². The van der Waals surface area contributed by atoms with Crippen LogP contribution in [0.15, 0.2) is 35.0 Å². The van der Waals surface area contributed by atoms with Crippen molar-refractivity contribution in [2.75, 3.05) is 37.5 Å². The van der Waals surface area contributed by atoms with Gasteiger partial charge in [-0.15, -0.1) is 11.8 Å². The van der Waals surface area contributed by atoms with Crippen molar-refractivity contribution in [3.63, 3.8) is 0 Å². The van der Waals surface area contributed by atoms with Gasteiger partial charge in [0.25, 0.3) is 0 Å². The minimum absolute atomic E-state index is 0.0597. The summed E-state index contributed by atoms with van der Waals surface area (Å²) in [6.45, 7) is 11.6. The number of ether oxygens (including phenoxy) is 1. The van der Waals surface area contributed by atoms with Gasteiger partial charge in [0, 0.05) is 31.2 Å². The van der Waals surface area contributed by atoms with Crippen molar-refractivity contribution in [2.24, 2.45) is 0 Å². The number of carbonyl (C=O) groups excluding carboxylic acids is 2. The number of aryl methyl sites for hydroxylation is 1. The monoisotopic (exact) mass is 540 g/mol. The molecule has 3 heterocycles. The minimum Gasteiger partial charge on any atom is -0.385 e. The molecule has 3 aromatic rings. The average molecular weight is 541 g/mol. The first kappa shape index (κ1) is 27.4. The summed E-state index contributed by atoms with van der Waals surface area (Å²) in [7, 11) is 1.64. The minimum atomic E-state index is -0.274. The number of nitrogens with zero attached hydrogens (tertiary/aromatic N) is 3. The first-order valence-electron chi connectivity index (χ1n) is 12.5. The first-order valence-corrected chi connectivity index (χ1v) is 14.5. The Morgan fingerprint density at radius 1 is 1.24 bits per heavy atom. The van der Waals surface area contributed by atoms with Crippen molar-refractivity contribution in [3.05, 3.63) is 63.0 Å². The lowest BCUT2D eigenvalue weighted by Gasteiger charge is -2.24. The summed E-state index contributed by atoms with van der Waals surface area (Å²) in [6.07, 6.45) is 0.714. The van der Waals surface area contributed by atoms with Crippen molar-refractivity contribution >= 4 is 40.7 Å². The average Bonchev–Trinajstić information content (AvgIpc) is 3.49. The maximum atomic E-state index is 13.7. The highest BCUT2D eigenvalue weighted by atomic mass is 32.2. The van der Waals surface area contributed by atoms with Crippen LogP contribution in [0.1, 0.15) is 60.4 Å². The van der Waals surface area contributed by atoms with Gasteiger partial charge in [0.15, 0.2) is 0 Å². The van der Waals surface area contributed by atoms with E-state index >= 15 is 0 Å². The SMILES string of the molecule is COCCCNC(=O)CN1C(=O)CS[C@H](c2ccsc2)c2c(C(C)(C)C)nn(-c3cccc(C)c3C)c21. The molecular formula is C28H36N4O3S2. The van der Waals surface area contributed by atoms with E-state index in [1.54, 1.807) is 35.1 Å². The lowest BCUT2D eigenvalue weighted by Crippen LogP contribution is -2.42. The van der Waals surface area contributed by atoms with Crippen molar-refractivity contribution in [3.8, 4) is 5.69 Å². The topological polar surface area (TPSA) is 76.5 Å². The number of fused-ring (bicyclic) bond motifs is 1. The number of nitrogens with one attached hydrogen (secondary N) is 1. The largest absolute Gasteiger partial charge is 0.385 e. The number of carbonyl (C=O) groups is 2. The lowest BCUT2D eigenvalue weighted by molar-refractivity contribution is -0.122. The van der Waals surface area contributed by atoms with E-state index in [-0.39, 0.29) is 34.8 Å². The fraction of sp³-hybridized carbons (Fsp3) is 0.464. The number of amides is 2. The number of thiophene rings is 1. The molecule has 0 fully saturated rings. The Kier molecular flexibility index (Phi) is 8.46. The Hall–Kier alpha value is -2.62. The molecule has 7 nitrogen and oxygen atoms in total. The van der Waals surface area contributed by atoms with Crippen molar-refractivity contribution in [1.29, 1.82) is 0 Å². The highest BCUT2D eigenvalue weighted by molar-refractivity contribution is 8.00. The van der Waals surface area contributed by atoms with E-state index in [0.717, 1.165) is 33.6 Å². The van der Waals surface area contributed by atoms with E-state index in [9.17, 15) is 9.59 Å². The highest BCUT2D eigenvalue weighted by Gasteiger charge is 2.40. The summed E-state index contributed by atoms with van der Waals surface area (Å²) >= 11 is 3.26. The molecule has 0 saturated carbocycles. The van der Waals surface area contributed by atoms with Crippen LogP contribution in [0.5, 0.6) is 0 Å². The third-order valence-corrected chi connectivity index (χ3v) is 8.56. The van der Waals surface area contributed by atoms with Crippen LogP contribution in [0.3, 0.4) is 0 Å². The van der Waals surface area contributed by atoms with Gasteiger partial charge in [0.05, 0.1) is 22.4 Å². The first-order chi connectivity index (χ1) is 17.6. The van der Waals surface area contributed by atoms with Crippen LogP contribution < -0.4 is 10.2 Å². The maximum Gasteiger partial charge on any atom is 0.240 e. The molecule has 198 valence electrons. The molecule has 1 aromatic carbocycles. The number of hydrogen-bond acceptors (Lipinski definition) is 6. The third kappa shape index (κ3) is 5.78. The van der Waals surface area contributed by atoms with Crippen molar-refractivity contribution in [2.45, 2.75) is 51.7 Å². The summed E-state index contributed by atoms with van der Waals surface area (Å²) in [5.41, 5.74) is 5.98. The Morgan fingerprint density at radius 3 is 2.70 bits per heavy atom. The summed E-state index contributed by atoms with van der Waals surface area (Å²) < 4.78 is 6.99.